The van der Waals surface area contributed by atoms with Gasteiger partial charge in [-0.25, -0.2) is 0 Å². The van der Waals surface area contributed by atoms with Crippen molar-refractivity contribution in [3.05, 3.63) is 82.4 Å². The molecule has 0 saturated carbocycles. The van der Waals surface area contributed by atoms with E-state index in [0.717, 1.165) is 12.1 Å². The Hall–Kier alpha value is -4.09. The molecular formula is C26H21F6N3O3. The van der Waals surface area contributed by atoms with Gasteiger partial charge >= 0.3 is 12.4 Å². The maximum atomic E-state index is 14.5. The van der Waals surface area contributed by atoms with Crippen molar-refractivity contribution >= 4 is 28.6 Å². The van der Waals surface area contributed by atoms with E-state index in [4.69, 9.17) is 4.84 Å². The normalized spacial score (nSPS) is 17.9. The predicted molar refractivity (Wildman–Crippen MR) is 128 cm³/mol. The number of aryl methyl sites for hydroxylation is 1. The summed E-state index contributed by atoms with van der Waals surface area (Å²) < 4.78 is 83.6. The number of nitrogens with zero attached hydrogens (tertiary/aromatic N) is 2. The van der Waals surface area contributed by atoms with Crippen LogP contribution in [0, 0.1) is 6.92 Å². The number of rotatable bonds is 6. The molecule has 1 aliphatic heterocycles. The summed E-state index contributed by atoms with van der Waals surface area (Å²) in [4.78, 5) is 22.2. The van der Waals surface area contributed by atoms with Gasteiger partial charge in [-0.05, 0) is 35.9 Å². The van der Waals surface area contributed by atoms with Gasteiger partial charge in [0, 0.05) is 23.1 Å². The van der Waals surface area contributed by atoms with Crippen LogP contribution in [-0.4, -0.2) is 37.7 Å². The first-order chi connectivity index (χ1) is 17.9. The third-order valence-corrected chi connectivity index (χ3v) is 6.07. The Morgan fingerprint density at radius 2 is 1.82 bits per heavy atom. The lowest BCUT2D eigenvalue weighted by molar-refractivity contribution is -0.276. The maximum Gasteiger partial charge on any atom is 0.435 e. The highest BCUT2D eigenvalue weighted by Crippen LogP contribution is 2.50. The van der Waals surface area contributed by atoms with Gasteiger partial charge in [0.2, 0.25) is 0 Å². The van der Waals surface area contributed by atoms with Crippen LogP contribution in [0.15, 0.2) is 64.9 Å². The summed E-state index contributed by atoms with van der Waals surface area (Å²) in [5.41, 5.74) is -4.65. The summed E-state index contributed by atoms with van der Waals surface area (Å²) in [6.07, 6.45) is -9.46. The number of carbonyl (C=O) groups excluding carboxylic acids is 1. The van der Waals surface area contributed by atoms with E-state index < -0.39 is 41.4 Å². The standard InChI is InChI=1S/C26H21F6N3O3/c1-15-11-16(13-17(12-15)25(27,28)29)24(26(30,31)32)14-22(35-38-24)20-7-8-21(19-6-4-3-5-18(19)20)23(36)33-9-10-34-37-2/h3-8,10-13H,9,14H2,1-2H3,(H,33,36)/b34-10+. The van der Waals surface area contributed by atoms with Gasteiger partial charge in [0.1, 0.15) is 7.11 Å². The third kappa shape index (κ3) is 5.02. The molecule has 1 N–H and O–H groups in total. The molecule has 0 bridgehead atoms. The first-order valence-corrected chi connectivity index (χ1v) is 11.2. The Bertz CT molecular complexity index is 1430. The Labute approximate surface area is 212 Å². The third-order valence-electron chi connectivity index (χ3n) is 6.07. The highest BCUT2D eigenvalue weighted by molar-refractivity contribution is 6.16. The van der Waals surface area contributed by atoms with Crippen molar-refractivity contribution < 1.29 is 40.8 Å². The van der Waals surface area contributed by atoms with Crippen molar-refractivity contribution in [3.63, 3.8) is 0 Å². The maximum absolute atomic E-state index is 14.5. The number of oxime groups is 2. The van der Waals surface area contributed by atoms with Gasteiger partial charge in [0.25, 0.3) is 11.5 Å². The Morgan fingerprint density at radius 1 is 1.11 bits per heavy atom. The van der Waals surface area contributed by atoms with Crippen molar-refractivity contribution in [2.75, 3.05) is 13.7 Å². The van der Waals surface area contributed by atoms with Crippen molar-refractivity contribution in [2.45, 2.75) is 31.3 Å². The number of carbonyl (C=O) groups is 1. The molecule has 0 fully saturated rings. The fourth-order valence-electron chi connectivity index (χ4n) is 4.32. The molecule has 38 heavy (non-hydrogen) atoms. The molecule has 1 heterocycles. The zero-order valence-corrected chi connectivity index (χ0v) is 20.1. The van der Waals surface area contributed by atoms with Crippen LogP contribution in [0.3, 0.4) is 0 Å². The molecule has 200 valence electrons. The number of benzene rings is 3. The Morgan fingerprint density at radius 3 is 2.47 bits per heavy atom. The second-order valence-corrected chi connectivity index (χ2v) is 8.60. The summed E-state index contributed by atoms with van der Waals surface area (Å²) in [7, 11) is 1.35. The second kappa shape index (κ2) is 9.99. The van der Waals surface area contributed by atoms with E-state index in [-0.39, 0.29) is 28.9 Å². The van der Waals surface area contributed by atoms with Crippen LogP contribution in [0.1, 0.15) is 39.0 Å². The van der Waals surface area contributed by atoms with Crippen LogP contribution in [0.5, 0.6) is 0 Å². The van der Waals surface area contributed by atoms with Gasteiger partial charge in [-0.2, -0.15) is 26.3 Å². The Kier molecular flexibility index (Phi) is 7.09. The first kappa shape index (κ1) is 27.0. The summed E-state index contributed by atoms with van der Waals surface area (Å²) >= 11 is 0. The molecule has 0 aromatic heterocycles. The number of fused-ring (bicyclic) bond motifs is 1. The number of hydrogen-bond acceptors (Lipinski definition) is 5. The van der Waals surface area contributed by atoms with E-state index in [0.29, 0.717) is 16.8 Å². The van der Waals surface area contributed by atoms with Gasteiger partial charge in [0.05, 0.1) is 24.0 Å². The van der Waals surface area contributed by atoms with Crippen LogP contribution in [0.4, 0.5) is 26.3 Å². The van der Waals surface area contributed by atoms with Crippen molar-refractivity contribution in [1.29, 1.82) is 0 Å². The minimum atomic E-state index is -5.09. The minimum Gasteiger partial charge on any atom is -0.399 e. The largest absolute Gasteiger partial charge is 0.435 e. The number of hydrogen-bond donors (Lipinski definition) is 1. The molecule has 3 aromatic rings. The van der Waals surface area contributed by atoms with E-state index in [1.807, 2.05) is 0 Å². The number of alkyl halides is 6. The molecule has 1 unspecified atom stereocenters. The minimum absolute atomic E-state index is 0.00754. The molecular weight excluding hydrogens is 516 g/mol. The summed E-state index contributed by atoms with van der Waals surface area (Å²) in [6, 6.07) is 11.6. The molecule has 6 nitrogen and oxygen atoms in total. The SMILES string of the molecule is CO/N=C/CNC(=O)c1ccc(C2=NOC(c3cc(C)cc(C(F)(F)F)c3)(C(F)(F)F)C2)c2ccccc12. The lowest BCUT2D eigenvalue weighted by Gasteiger charge is -2.30. The zero-order chi connectivity index (χ0) is 27.7. The van der Waals surface area contributed by atoms with E-state index in [1.54, 1.807) is 24.3 Å². The van der Waals surface area contributed by atoms with Gasteiger partial charge in [0.15, 0.2) is 0 Å². The van der Waals surface area contributed by atoms with Crippen LogP contribution in [0.2, 0.25) is 0 Å². The summed E-state index contributed by atoms with van der Waals surface area (Å²) in [5.74, 6) is -0.455. The van der Waals surface area contributed by atoms with Gasteiger partial charge in [-0.1, -0.05) is 52.3 Å². The summed E-state index contributed by atoms with van der Waals surface area (Å²) in [5, 5.41) is 10.7. The molecule has 0 spiro atoms. The summed E-state index contributed by atoms with van der Waals surface area (Å²) in [6.45, 7) is 1.35. The van der Waals surface area contributed by atoms with Crippen molar-refractivity contribution in [1.82, 2.24) is 5.32 Å². The van der Waals surface area contributed by atoms with Crippen LogP contribution in [0.25, 0.3) is 10.8 Å². The molecule has 0 aliphatic carbocycles. The van der Waals surface area contributed by atoms with E-state index >= 15 is 0 Å². The molecule has 12 heteroatoms. The van der Waals surface area contributed by atoms with E-state index in [2.05, 4.69) is 20.5 Å². The van der Waals surface area contributed by atoms with E-state index in [1.165, 1.54) is 32.4 Å². The first-order valence-electron chi connectivity index (χ1n) is 11.2. The van der Waals surface area contributed by atoms with Crippen molar-refractivity contribution in [2.24, 2.45) is 10.3 Å². The second-order valence-electron chi connectivity index (χ2n) is 8.60. The molecule has 0 radical (unpaired) electrons. The fourth-order valence-corrected chi connectivity index (χ4v) is 4.32. The lowest BCUT2D eigenvalue weighted by atomic mass is 9.84. The van der Waals surface area contributed by atoms with Crippen LogP contribution >= 0.6 is 0 Å². The smallest absolute Gasteiger partial charge is 0.399 e. The average molecular weight is 537 g/mol. The number of nitrogens with one attached hydrogen (secondary N) is 1. The number of amides is 1. The topological polar surface area (TPSA) is 72.3 Å². The van der Waals surface area contributed by atoms with Crippen molar-refractivity contribution in [3.8, 4) is 0 Å². The van der Waals surface area contributed by atoms with Crippen LogP contribution in [-0.2, 0) is 21.5 Å². The fraction of sp³-hybridized carbons (Fsp3) is 0.269. The average Bonchev–Trinajstić information content (AvgIpc) is 3.32. The zero-order valence-electron chi connectivity index (χ0n) is 20.1. The van der Waals surface area contributed by atoms with Gasteiger partial charge in [-0.15, -0.1) is 0 Å². The van der Waals surface area contributed by atoms with Gasteiger partial charge < -0.3 is 15.0 Å². The lowest BCUT2D eigenvalue weighted by Crippen LogP contribution is -2.43. The monoisotopic (exact) mass is 537 g/mol. The predicted octanol–water partition coefficient (Wildman–Crippen LogP) is 6.11. The molecule has 1 atom stereocenters. The quantitative estimate of drug-likeness (QED) is 0.234. The molecule has 3 aromatic carbocycles. The highest BCUT2D eigenvalue weighted by Gasteiger charge is 2.62. The molecule has 0 saturated heterocycles. The Balaban J connectivity index is 1.75. The molecule has 4 rings (SSSR count). The van der Waals surface area contributed by atoms with Gasteiger partial charge in [-0.3, -0.25) is 4.79 Å². The van der Waals surface area contributed by atoms with E-state index in [9.17, 15) is 31.1 Å². The highest BCUT2D eigenvalue weighted by atomic mass is 19.4. The molecule has 1 amide bonds. The van der Waals surface area contributed by atoms with Crippen LogP contribution < -0.4 is 5.32 Å². The molecule has 1 aliphatic rings. The number of halogens is 6.